The van der Waals surface area contributed by atoms with Crippen LogP contribution in [0.2, 0.25) is 5.02 Å². The first-order valence-corrected chi connectivity index (χ1v) is 24.7. The lowest BCUT2D eigenvalue weighted by Crippen LogP contribution is -2.67. The smallest absolute Gasteiger partial charge is 0.318 e. The molecule has 7 aliphatic rings. The third-order valence-corrected chi connectivity index (χ3v) is 19.6. The van der Waals surface area contributed by atoms with E-state index in [0.717, 1.165) is 82.1 Å². The average molecular weight is 875 g/mol. The van der Waals surface area contributed by atoms with Gasteiger partial charge in [-0.05, 0) is 152 Å². The number of piperidine rings is 1. The summed E-state index contributed by atoms with van der Waals surface area (Å²) >= 11 is 6.28. The number of benzene rings is 1. The number of hydrogen-bond donors (Lipinski definition) is 1. The number of carbonyl (C=O) groups excluding carboxylic acids is 4. The number of urea groups is 1. The Morgan fingerprint density at radius 1 is 0.871 bits per heavy atom. The number of nitrogens with zero attached hydrogens (tertiary/aromatic N) is 2. The van der Waals surface area contributed by atoms with Gasteiger partial charge < -0.3 is 24.6 Å². The molecule has 1 aromatic rings. The highest BCUT2D eigenvalue weighted by Gasteiger charge is 2.70. The van der Waals surface area contributed by atoms with Gasteiger partial charge in [-0.1, -0.05) is 92.5 Å². The topological polar surface area (TPSA) is 105 Å². The van der Waals surface area contributed by atoms with Crippen molar-refractivity contribution in [2.75, 3.05) is 26.2 Å². The fourth-order valence-electron chi connectivity index (χ4n) is 15.5. The summed E-state index contributed by atoms with van der Waals surface area (Å²) in [7, 11) is 0. The van der Waals surface area contributed by atoms with Gasteiger partial charge in [0.05, 0.1) is 11.5 Å². The van der Waals surface area contributed by atoms with Crippen molar-refractivity contribution in [3.05, 3.63) is 46.0 Å². The second-order valence-electron chi connectivity index (χ2n) is 23.3. The van der Waals surface area contributed by atoms with Crippen molar-refractivity contribution in [1.29, 1.82) is 0 Å². The van der Waals surface area contributed by atoms with Crippen LogP contribution in [0.15, 0.2) is 35.4 Å². The van der Waals surface area contributed by atoms with Crippen LogP contribution in [0.5, 0.6) is 0 Å². The van der Waals surface area contributed by atoms with Crippen LogP contribution < -0.4 is 5.32 Å². The van der Waals surface area contributed by atoms with Crippen molar-refractivity contribution in [3.8, 4) is 0 Å². The van der Waals surface area contributed by atoms with Crippen molar-refractivity contribution >= 4 is 35.9 Å². The Balaban J connectivity index is 1.04. The quantitative estimate of drug-likeness (QED) is 0.174. The van der Waals surface area contributed by atoms with Crippen molar-refractivity contribution < 1.29 is 28.7 Å². The number of nitrogens with one attached hydrogen (secondary N) is 1. The molecule has 1 heterocycles. The van der Waals surface area contributed by atoms with Gasteiger partial charge in [0, 0.05) is 41.9 Å². The SMILES string of the molecule is CC(C)C1=C2[C@H]3CC[C@@H]4[C@@]5(C)CC[C@H](OC(=O)[C@H]6C[C@@H](OC=O)C6(C)C)C(C)(C)[C@@H]5CC[C@@]4(C)[C@]3(C)CC[C@@]2(NC(=O)N(CCN2CCCCC2)Cc2ccc(Cl)cc2)CC1=O. The average Bonchev–Trinajstić information content (AvgIpc) is 3.51. The number of esters is 1. The minimum absolute atomic E-state index is 0.0380. The van der Waals surface area contributed by atoms with E-state index in [0.29, 0.717) is 49.3 Å². The molecule has 8 rings (SSSR count). The maximum Gasteiger partial charge on any atom is 0.318 e. The summed E-state index contributed by atoms with van der Waals surface area (Å²) in [6.45, 7) is 25.3. The first-order valence-electron chi connectivity index (χ1n) is 24.3. The lowest BCUT2D eigenvalue weighted by atomic mass is 9.33. The van der Waals surface area contributed by atoms with Crippen LogP contribution in [0.3, 0.4) is 0 Å². The van der Waals surface area contributed by atoms with Gasteiger partial charge in [0.25, 0.3) is 6.47 Å². The van der Waals surface area contributed by atoms with Crippen LogP contribution in [-0.2, 0) is 30.4 Å². The summed E-state index contributed by atoms with van der Waals surface area (Å²) in [6.07, 6.45) is 12.0. The Labute approximate surface area is 377 Å². The molecule has 2 amide bonds. The van der Waals surface area contributed by atoms with Gasteiger partial charge in [-0.25, -0.2) is 4.79 Å². The first-order chi connectivity index (χ1) is 29.2. The normalized spacial score (nSPS) is 38.5. The fourth-order valence-corrected chi connectivity index (χ4v) is 15.7. The van der Waals surface area contributed by atoms with Gasteiger partial charge in [-0.2, -0.15) is 0 Å². The van der Waals surface area contributed by atoms with E-state index in [1.807, 2.05) is 43.0 Å². The number of hydrogen-bond acceptors (Lipinski definition) is 7. The Hall–Kier alpha value is -2.91. The molecule has 10 atom stereocenters. The number of halogens is 1. The zero-order valence-electron chi connectivity index (χ0n) is 39.4. The van der Waals surface area contributed by atoms with Crippen LogP contribution >= 0.6 is 11.6 Å². The number of allylic oxidation sites excluding steroid dienone is 1. The van der Waals surface area contributed by atoms with Crippen LogP contribution in [0.1, 0.15) is 151 Å². The summed E-state index contributed by atoms with van der Waals surface area (Å²) in [5, 5.41) is 4.36. The molecule has 0 spiro atoms. The minimum atomic E-state index is -0.677. The Morgan fingerprint density at radius 2 is 1.58 bits per heavy atom. The highest BCUT2D eigenvalue weighted by molar-refractivity contribution is 6.30. The summed E-state index contributed by atoms with van der Waals surface area (Å²) < 4.78 is 11.8. The second kappa shape index (κ2) is 16.5. The number of amides is 2. The van der Waals surface area contributed by atoms with Crippen LogP contribution in [-0.4, -0.2) is 78.0 Å². The van der Waals surface area contributed by atoms with Gasteiger partial charge in [-0.15, -0.1) is 0 Å². The molecule has 6 aliphatic carbocycles. The zero-order chi connectivity index (χ0) is 44.6. The number of rotatable bonds is 11. The molecule has 1 aromatic carbocycles. The van der Waals surface area contributed by atoms with E-state index < -0.39 is 11.0 Å². The van der Waals surface area contributed by atoms with Crippen molar-refractivity contribution in [3.63, 3.8) is 0 Å². The Kier molecular flexibility index (Phi) is 12.2. The van der Waals surface area contributed by atoms with Crippen LogP contribution in [0.25, 0.3) is 0 Å². The van der Waals surface area contributed by atoms with E-state index in [4.69, 9.17) is 21.1 Å². The molecule has 0 unspecified atom stereocenters. The molecule has 1 aliphatic heterocycles. The fraction of sp³-hybridized carbons (Fsp3) is 0.769. The number of carbonyl (C=O) groups is 4. The Bertz CT molecular complexity index is 1940. The highest BCUT2D eigenvalue weighted by Crippen LogP contribution is 2.76. The largest absolute Gasteiger partial charge is 0.464 e. The molecule has 0 bridgehead atoms. The molecule has 1 saturated heterocycles. The molecular weight excluding hydrogens is 798 g/mol. The maximum atomic E-state index is 14.9. The molecule has 6 fully saturated rings. The summed E-state index contributed by atoms with van der Waals surface area (Å²) in [6, 6.07) is 7.76. The minimum Gasteiger partial charge on any atom is -0.464 e. The lowest BCUT2D eigenvalue weighted by Gasteiger charge is -2.72. The van der Waals surface area contributed by atoms with Gasteiger partial charge >= 0.3 is 12.0 Å². The number of fused-ring (bicyclic) bond motifs is 7. The molecule has 5 saturated carbocycles. The molecule has 62 heavy (non-hydrogen) atoms. The third kappa shape index (κ3) is 7.37. The predicted molar refractivity (Wildman–Crippen MR) is 243 cm³/mol. The zero-order valence-corrected chi connectivity index (χ0v) is 40.1. The molecule has 1 N–H and O–H groups in total. The number of ketones is 1. The third-order valence-electron chi connectivity index (χ3n) is 19.4. The van der Waals surface area contributed by atoms with Gasteiger partial charge in [-0.3, -0.25) is 14.4 Å². The number of likely N-dealkylation sites (tertiary alicyclic amines) is 1. The monoisotopic (exact) mass is 874 g/mol. The van der Waals surface area contributed by atoms with E-state index in [9.17, 15) is 19.2 Å². The highest BCUT2D eigenvalue weighted by atomic mass is 35.5. The van der Waals surface area contributed by atoms with Gasteiger partial charge in [0.1, 0.15) is 12.2 Å². The van der Waals surface area contributed by atoms with Crippen LogP contribution in [0, 0.1) is 56.7 Å². The van der Waals surface area contributed by atoms with Crippen LogP contribution in [0.4, 0.5) is 4.79 Å². The predicted octanol–water partition coefficient (Wildman–Crippen LogP) is 10.6. The number of ether oxygens (including phenoxy) is 2. The molecule has 0 aromatic heterocycles. The van der Waals surface area contributed by atoms with Crippen molar-refractivity contribution in [1.82, 2.24) is 15.1 Å². The maximum absolute atomic E-state index is 14.9. The lowest BCUT2D eigenvalue weighted by molar-refractivity contribution is -0.236. The van der Waals surface area contributed by atoms with E-state index in [2.05, 4.69) is 58.7 Å². The summed E-state index contributed by atoms with van der Waals surface area (Å²) in [4.78, 5) is 58.6. The molecule has 342 valence electrons. The number of Topliss-reactive ketones (excluding diaryl/α,β-unsaturated/α-hetero) is 1. The molecule has 0 radical (unpaired) electrons. The molecular formula is C52H76ClN3O6. The van der Waals surface area contributed by atoms with Crippen molar-refractivity contribution in [2.24, 2.45) is 56.7 Å². The standard InChI is InChI=1S/C52H76ClN3O6/c1-33(2)43-38(58)30-52(54-46(60)56(28-27-55-25-11-10-12-26-55)31-34-13-15-35(53)16-14-34)24-23-50(8)36(44(43)52)17-18-40-49(7)21-20-41(48(5,6)39(49)19-22-51(40,50)9)62-45(59)37-29-42(61-32-57)47(37,3)4/h13-16,32-33,36-37,39-42H,10-12,17-31H2,1-9H3,(H,54,60)/t36-,37-,39+,40-,41+,42-,49+,50-,51-,52-/m1/s1. The van der Waals surface area contributed by atoms with Gasteiger partial charge in [0.15, 0.2) is 5.78 Å². The van der Waals surface area contributed by atoms with E-state index in [-0.39, 0.29) is 69.4 Å². The van der Waals surface area contributed by atoms with E-state index in [1.54, 1.807) is 0 Å². The molecule has 9 nitrogen and oxygen atoms in total. The molecule has 10 heteroatoms. The Morgan fingerprint density at radius 3 is 2.24 bits per heavy atom. The van der Waals surface area contributed by atoms with E-state index in [1.165, 1.54) is 24.8 Å². The summed E-state index contributed by atoms with van der Waals surface area (Å²) in [5.74, 6) is 0.971. The summed E-state index contributed by atoms with van der Waals surface area (Å²) in [5.41, 5.74) is 2.03. The van der Waals surface area contributed by atoms with Gasteiger partial charge in [0.2, 0.25) is 0 Å². The first kappa shape index (κ1) is 45.7. The second-order valence-corrected chi connectivity index (χ2v) is 23.7. The van der Waals surface area contributed by atoms with E-state index >= 15 is 0 Å². The van der Waals surface area contributed by atoms with Crippen molar-refractivity contribution in [2.45, 2.75) is 170 Å².